The van der Waals surface area contributed by atoms with Crippen LogP contribution in [0.25, 0.3) is 5.57 Å². The first kappa shape index (κ1) is 14.1. The molecule has 1 rings (SSSR count). The van der Waals surface area contributed by atoms with E-state index < -0.39 is 11.9 Å². The Labute approximate surface area is 109 Å². The summed E-state index contributed by atoms with van der Waals surface area (Å²) in [5.74, 6) is -1.65. The molecule has 0 amide bonds. The first-order chi connectivity index (χ1) is 8.49. The minimum atomic E-state index is -1.14. The van der Waals surface area contributed by atoms with Crippen LogP contribution in [0.2, 0.25) is 0 Å². The highest BCUT2D eigenvalue weighted by Crippen LogP contribution is 2.30. The molecular formula is C12H11ClO5. The van der Waals surface area contributed by atoms with E-state index in [-0.39, 0.29) is 23.0 Å². The summed E-state index contributed by atoms with van der Waals surface area (Å²) in [6.07, 6.45) is 0. The lowest BCUT2D eigenvalue weighted by Gasteiger charge is -2.10. The zero-order valence-electron chi connectivity index (χ0n) is 9.60. The molecule has 5 nitrogen and oxygen atoms in total. The summed E-state index contributed by atoms with van der Waals surface area (Å²) in [5, 5.41) is 8.81. The Bertz CT molecular complexity index is 495. The molecule has 0 aliphatic rings. The number of carboxylic acid groups (broad SMARTS) is 1. The van der Waals surface area contributed by atoms with Gasteiger partial charge in [-0.1, -0.05) is 12.6 Å². The number of aliphatic carboxylic acids is 1. The molecule has 0 saturated heterocycles. The number of carbonyl (C=O) groups is 2. The van der Waals surface area contributed by atoms with Gasteiger partial charge in [0.25, 0.3) is 0 Å². The van der Waals surface area contributed by atoms with Crippen molar-refractivity contribution in [3.63, 3.8) is 0 Å². The normalized spacial score (nSPS) is 9.67. The van der Waals surface area contributed by atoms with Crippen LogP contribution in [0.15, 0.2) is 24.8 Å². The van der Waals surface area contributed by atoms with E-state index >= 15 is 0 Å². The van der Waals surface area contributed by atoms with E-state index in [1.807, 2.05) is 0 Å². The topological polar surface area (TPSA) is 72.8 Å². The van der Waals surface area contributed by atoms with E-state index in [1.54, 1.807) is 0 Å². The van der Waals surface area contributed by atoms with Crippen LogP contribution in [-0.4, -0.2) is 30.0 Å². The van der Waals surface area contributed by atoms with E-state index in [9.17, 15) is 9.59 Å². The van der Waals surface area contributed by atoms with Gasteiger partial charge < -0.3 is 14.6 Å². The maximum Gasteiger partial charge on any atom is 0.335 e. The second-order valence-corrected chi connectivity index (χ2v) is 3.52. The molecule has 0 heterocycles. The zero-order valence-corrected chi connectivity index (χ0v) is 10.4. The predicted octanol–water partition coefficient (Wildman–Crippen LogP) is 1.94. The summed E-state index contributed by atoms with van der Waals surface area (Å²) in [7, 11) is 1.38. The van der Waals surface area contributed by atoms with Gasteiger partial charge in [-0.25, -0.2) is 4.79 Å². The lowest BCUT2D eigenvalue weighted by Crippen LogP contribution is -2.10. The van der Waals surface area contributed by atoms with Gasteiger partial charge in [0.05, 0.1) is 12.7 Å². The molecule has 6 heteroatoms. The fourth-order valence-electron chi connectivity index (χ4n) is 1.21. The van der Waals surface area contributed by atoms with Gasteiger partial charge in [-0.15, -0.1) is 11.6 Å². The van der Waals surface area contributed by atoms with Crippen LogP contribution in [0.5, 0.6) is 11.5 Å². The van der Waals surface area contributed by atoms with Crippen molar-refractivity contribution in [2.45, 2.75) is 0 Å². The number of benzene rings is 1. The maximum atomic E-state index is 11.1. The molecule has 0 aromatic heterocycles. The summed E-state index contributed by atoms with van der Waals surface area (Å²) >= 11 is 5.31. The van der Waals surface area contributed by atoms with Gasteiger partial charge in [0.15, 0.2) is 11.5 Å². The summed E-state index contributed by atoms with van der Waals surface area (Å²) in [6, 6.07) is 4.32. The lowest BCUT2D eigenvalue weighted by molar-refractivity contribution is -0.132. The van der Waals surface area contributed by atoms with E-state index in [4.69, 9.17) is 26.2 Å². The van der Waals surface area contributed by atoms with E-state index in [0.29, 0.717) is 5.56 Å². The smallest absolute Gasteiger partial charge is 0.335 e. The fourth-order valence-corrected chi connectivity index (χ4v) is 1.27. The quantitative estimate of drug-likeness (QED) is 0.383. The van der Waals surface area contributed by atoms with Gasteiger partial charge in [0.2, 0.25) is 0 Å². The summed E-state index contributed by atoms with van der Waals surface area (Å²) in [4.78, 5) is 21.8. The zero-order chi connectivity index (χ0) is 13.7. The van der Waals surface area contributed by atoms with Gasteiger partial charge in [-0.3, -0.25) is 4.79 Å². The Morgan fingerprint density at radius 2 is 2.06 bits per heavy atom. The number of hydrogen-bond donors (Lipinski definition) is 1. The number of rotatable bonds is 5. The summed E-state index contributed by atoms with van der Waals surface area (Å²) in [5.41, 5.74) is 0.286. The number of methoxy groups -OCH3 is 1. The third-order valence-electron chi connectivity index (χ3n) is 2.10. The Kier molecular flexibility index (Phi) is 4.74. The fraction of sp³-hybridized carbons (Fsp3) is 0.167. The number of ether oxygens (including phenoxy) is 2. The summed E-state index contributed by atoms with van der Waals surface area (Å²) in [6.45, 7) is 3.42. The van der Waals surface area contributed by atoms with Crippen LogP contribution in [0, 0.1) is 0 Å². The molecule has 0 unspecified atom stereocenters. The minimum Gasteiger partial charge on any atom is -0.493 e. The minimum absolute atomic E-state index is 0.0801. The highest BCUT2D eigenvalue weighted by Gasteiger charge is 2.13. The van der Waals surface area contributed by atoms with Crippen molar-refractivity contribution in [2.75, 3.05) is 13.0 Å². The van der Waals surface area contributed by atoms with E-state index in [2.05, 4.69) is 6.58 Å². The first-order valence-corrected chi connectivity index (χ1v) is 5.40. The molecule has 1 N–H and O–H groups in total. The number of esters is 1. The van der Waals surface area contributed by atoms with Crippen LogP contribution in [0.3, 0.4) is 0 Å². The third kappa shape index (κ3) is 3.24. The second kappa shape index (κ2) is 6.07. The molecule has 1 aromatic carbocycles. The van der Waals surface area contributed by atoms with Gasteiger partial charge in [-0.2, -0.15) is 0 Å². The van der Waals surface area contributed by atoms with E-state index in [1.165, 1.54) is 25.3 Å². The maximum absolute atomic E-state index is 11.1. The Balaban J connectivity index is 3.07. The van der Waals surface area contributed by atoms with Crippen molar-refractivity contribution in [2.24, 2.45) is 0 Å². The summed E-state index contributed by atoms with van der Waals surface area (Å²) < 4.78 is 9.91. The second-order valence-electron chi connectivity index (χ2n) is 3.26. The lowest BCUT2D eigenvalue weighted by atomic mass is 10.1. The van der Waals surface area contributed by atoms with Crippen molar-refractivity contribution in [3.8, 4) is 11.5 Å². The molecule has 1 aromatic rings. The largest absolute Gasteiger partial charge is 0.493 e. The van der Waals surface area contributed by atoms with Gasteiger partial charge >= 0.3 is 11.9 Å². The van der Waals surface area contributed by atoms with Gasteiger partial charge in [0, 0.05) is 0 Å². The molecule has 0 aliphatic carbocycles. The van der Waals surface area contributed by atoms with Gasteiger partial charge in [0.1, 0.15) is 5.88 Å². The molecular weight excluding hydrogens is 260 g/mol. The number of hydrogen-bond acceptors (Lipinski definition) is 4. The highest BCUT2D eigenvalue weighted by atomic mass is 35.5. The molecule has 0 saturated carbocycles. The van der Waals surface area contributed by atoms with Crippen molar-refractivity contribution in [3.05, 3.63) is 30.3 Å². The van der Waals surface area contributed by atoms with Crippen molar-refractivity contribution >= 4 is 29.1 Å². The SMILES string of the molecule is C=C(C(=O)O)c1ccc(OC(=O)CCl)c(OC)c1. The molecule has 96 valence electrons. The predicted molar refractivity (Wildman–Crippen MR) is 66.0 cm³/mol. The van der Waals surface area contributed by atoms with Crippen molar-refractivity contribution in [1.82, 2.24) is 0 Å². The number of halogens is 1. The Morgan fingerprint density at radius 1 is 1.39 bits per heavy atom. The number of alkyl halides is 1. The molecule has 0 spiro atoms. The molecule has 18 heavy (non-hydrogen) atoms. The van der Waals surface area contributed by atoms with E-state index in [0.717, 1.165) is 0 Å². The first-order valence-electron chi connectivity index (χ1n) is 4.86. The van der Waals surface area contributed by atoms with Crippen LogP contribution in [-0.2, 0) is 9.59 Å². The van der Waals surface area contributed by atoms with Crippen molar-refractivity contribution < 1.29 is 24.2 Å². The average Bonchev–Trinajstić information content (AvgIpc) is 2.37. The van der Waals surface area contributed by atoms with Crippen LogP contribution in [0.1, 0.15) is 5.56 Å². The van der Waals surface area contributed by atoms with Crippen LogP contribution in [0.4, 0.5) is 0 Å². The third-order valence-corrected chi connectivity index (χ3v) is 2.32. The van der Waals surface area contributed by atoms with Crippen molar-refractivity contribution in [1.29, 1.82) is 0 Å². The number of carboxylic acids is 1. The molecule has 0 fully saturated rings. The standard InChI is InChI=1S/C12H11ClO5/c1-7(12(15)16)8-3-4-9(10(5-8)17-2)18-11(14)6-13/h3-5H,1,6H2,2H3,(H,15,16). The number of carbonyl (C=O) groups excluding carboxylic acids is 1. The monoisotopic (exact) mass is 270 g/mol. The van der Waals surface area contributed by atoms with Crippen LogP contribution < -0.4 is 9.47 Å². The molecule has 0 radical (unpaired) electrons. The van der Waals surface area contributed by atoms with Gasteiger partial charge in [-0.05, 0) is 17.7 Å². The van der Waals surface area contributed by atoms with Crippen LogP contribution >= 0.6 is 11.6 Å². The average molecular weight is 271 g/mol. The molecule has 0 atom stereocenters. The Hall–Kier alpha value is -2.01. The molecule has 0 bridgehead atoms. The molecule has 0 aliphatic heterocycles. The Morgan fingerprint density at radius 3 is 2.56 bits per heavy atom. The highest BCUT2D eigenvalue weighted by molar-refractivity contribution is 6.26.